The number of alkyl halides is 3. The molecule has 0 bridgehead atoms. The van der Waals surface area contributed by atoms with E-state index < -0.39 is 12.1 Å². The number of rotatable bonds is 4. The standard InChI is InChI=1S/C18H21N5.C2HF3O2/c1-22-12-14(20-13-22)10-19-17-8-5-9-18-16(17)11-21-23(18)15-6-3-2-4-7-15;3-2(4,5)1(6)7/h2-4,6-7,11-13,17,19H,5,8-10H2,1H3;(H,6,7). The quantitative estimate of drug-likeness (QED) is 0.675. The minimum Gasteiger partial charge on any atom is -0.475 e. The maximum Gasteiger partial charge on any atom is 0.490 e. The van der Waals surface area contributed by atoms with Crippen LogP contribution in [0.5, 0.6) is 0 Å². The van der Waals surface area contributed by atoms with Crippen LogP contribution < -0.4 is 5.32 Å². The summed E-state index contributed by atoms with van der Waals surface area (Å²) in [6, 6.07) is 10.7. The molecule has 30 heavy (non-hydrogen) atoms. The number of benzene rings is 1. The van der Waals surface area contributed by atoms with Crippen LogP contribution >= 0.6 is 0 Å². The molecule has 2 aromatic heterocycles. The Bertz CT molecular complexity index is 982. The Hall–Kier alpha value is -3.14. The Labute approximate surface area is 171 Å². The molecule has 10 heteroatoms. The van der Waals surface area contributed by atoms with Gasteiger partial charge >= 0.3 is 12.1 Å². The molecule has 1 unspecified atom stereocenters. The number of aryl methyl sites for hydroxylation is 1. The van der Waals surface area contributed by atoms with E-state index in [-0.39, 0.29) is 0 Å². The summed E-state index contributed by atoms with van der Waals surface area (Å²) < 4.78 is 35.8. The van der Waals surface area contributed by atoms with Gasteiger partial charge in [-0.05, 0) is 31.4 Å². The van der Waals surface area contributed by atoms with Crippen molar-refractivity contribution in [2.24, 2.45) is 7.05 Å². The number of aromatic nitrogens is 4. The van der Waals surface area contributed by atoms with Crippen molar-refractivity contribution in [3.05, 3.63) is 66.0 Å². The summed E-state index contributed by atoms with van der Waals surface area (Å²) in [7, 11) is 2.00. The number of carbonyl (C=O) groups is 1. The first kappa shape index (κ1) is 21.6. The molecule has 1 aromatic carbocycles. The number of aliphatic carboxylic acids is 1. The van der Waals surface area contributed by atoms with E-state index in [2.05, 4.69) is 50.5 Å². The van der Waals surface area contributed by atoms with Gasteiger partial charge in [0.15, 0.2) is 0 Å². The number of hydrogen-bond acceptors (Lipinski definition) is 4. The molecule has 1 aliphatic rings. The maximum absolute atomic E-state index is 10.6. The van der Waals surface area contributed by atoms with E-state index in [0.29, 0.717) is 6.04 Å². The van der Waals surface area contributed by atoms with E-state index in [0.717, 1.165) is 30.8 Å². The van der Waals surface area contributed by atoms with Crippen LogP contribution in [0.3, 0.4) is 0 Å². The summed E-state index contributed by atoms with van der Waals surface area (Å²) in [6.07, 6.45) is 4.27. The molecule has 0 fully saturated rings. The van der Waals surface area contributed by atoms with Gasteiger partial charge in [-0.25, -0.2) is 14.5 Å². The van der Waals surface area contributed by atoms with Crippen molar-refractivity contribution in [3.8, 4) is 5.69 Å². The normalized spacial score (nSPS) is 15.8. The molecule has 0 radical (unpaired) electrons. The summed E-state index contributed by atoms with van der Waals surface area (Å²) in [5, 5.41) is 15.4. The number of para-hydroxylation sites is 1. The first-order valence-corrected chi connectivity index (χ1v) is 9.38. The van der Waals surface area contributed by atoms with Gasteiger partial charge in [0.05, 0.1) is 23.9 Å². The molecule has 2 heterocycles. The molecule has 0 saturated heterocycles. The molecule has 160 valence electrons. The smallest absolute Gasteiger partial charge is 0.475 e. The summed E-state index contributed by atoms with van der Waals surface area (Å²) in [5.41, 5.74) is 4.88. The van der Waals surface area contributed by atoms with Crippen LogP contribution in [0.1, 0.15) is 35.8 Å². The SMILES string of the molecule is Cn1cnc(CNC2CCCc3c2cnn3-c2ccccc2)c1.O=C(O)C(F)(F)F. The molecular formula is C20H22F3N5O2. The highest BCUT2D eigenvalue weighted by molar-refractivity contribution is 5.73. The van der Waals surface area contributed by atoms with E-state index in [9.17, 15) is 13.2 Å². The van der Waals surface area contributed by atoms with Crippen molar-refractivity contribution in [2.45, 2.75) is 38.0 Å². The topological polar surface area (TPSA) is 85.0 Å². The molecule has 1 aliphatic carbocycles. The zero-order chi connectivity index (χ0) is 21.7. The number of nitrogens with zero attached hydrogens (tertiary/aromatic N) is 4. The predicted molar refractivity (Wildman–Crippen MR) is 103 cm³/mol. The van der Waals surface area contributed by atoms with Gasteiger partial charge in [0, 0.05) is 37.1 Å². The van der Waals surface area contributed by atoms with E-state index in [1.807, 2.05) is 30.2 Å². The Morgan fingerprint density at radius 2 is 2.00 bits per heavy atom. The Morgan fingerprint density at radius 3 is 2.60 bits per heavy atom. The lowest BCUT2D eigenvalue weighted by atomic mass is 9.93. The monoisotopic (exact) mass is 421 g/mol. The van der Waals surface area contributed by atoms with Crippen molar-refractivity contribution < 1.29 is 23.1 Å². The zero-order valence-electron chi connectivity index (χ0n) is 16.3. The zero-order valence-corrected chi connectivity index (χ0v) is 16.3. The van der Waals surface area contributed by atoms with E-state index >= 15 is 0 Å². The van der Waals surface area contributed by atoms with Crippen molar-refractivity contribution in [3.63, 3.8) is 0 Å². The highest BCUT2D eigenvalue weighted by Gasteiger charge is 2.38. The number of carboxylic acids is 1. The highest BCUT2D eigenvalue weighted by Crippen LogP contribution is 2.31. The molecule has 1 atom stereocenters. The summed E-state index contributed by atoms with van der Waals surface area (Å²) in [5.74, 6) is -2.76. The Balaban J connectivity index is 0.000000318. The maximum atomic E-state index is 10.6. The Kier molecular flexibility index (Phi) is 6.56. The van der Waals surface area contributed by atoms with Crippen molar-refractivity contribution >= 4 is 5.97 Å². The average molecular weight is 421 g/mol. The average Bonchev–Trinajstić information content (AvgIpc) is 3.33. The van der Waals surface area contributed by atoms with Gasteiger partial charge in [-0.2, -0.15) is 18.3 Å². The molecule has 4 rings (SSSR count). The summed E-state index contributed by atoms with van der Waals surface area (Å²) >= 11 is 0. The fraction of sp³-hybridized carbons (Fsp3) is 0.350. The van der Waals surface area contributed by atoms with Crippen LogP contribution in [-0.2, 0) is 24.8 Å². The van der Waals surface area contributed by atoms with Crippen LogP contribution in [0.2, 0.25) is 0 Å². The number of nitrogens with one attached hydrogen (secondary N) is 1. The Morgan fingerprint density at radius 1 is 1.30 bits per heavy atom. The third kappa shape index (κ3) is 5.26. The van der Waals surface area contributed by atoms with Gasteiger partial charge in [0.2, 0.25) is 0 Å². The van der Waals surface area contributed by atoms with Crippen molar-refractivity contribution in [1.29, 1.82) is 0 Å². The summed E-state index contributed by atoms with van der Waals surface area (Å²) in [6.45, 7) is 0.793. The van der Waals surface area contributed by atoms with Crippen molar-refractivity contribution in [1.82, 2.24) is 24.6 Å². The lowest BCUT2D eigenvalue weighted by Gasteiger charge is -2.24. The second-order valence-corrected chi connectivity index (χ2v) is 6.95. The number of imidazole rings is 1. The van der Waals surface area contributed by atoms with Gasteiger partial charge in [0.25, 0.3) is 0 Å². The molecule has 7 nitrogen and oxygen atoms in total. The fourth-order valence-corrected chi connectivity index (χ4v) is 3.35. The lowest BCUT2D eigenvalue weighted by molar-refractivity contribution is -0.192. The van der Waals surface area contributed by atoms with Crippen LogP contribution in [0, 0.1) is 0 Å². The van der Waals surface area contributed by atoms with Gasteiger partial charge in [0.1, 0.15) is 0 Å². The number of hydrogen-bond donors (Lipinski definition) is 2. The van der Waals surface area contributed by atoms with Gasteiger partial charge < -0.3 is 15.0 Å². The van der Waals surface area contributed by atoms with Gasteiger partial charge in [-0.3, -0.25) is 0 Å². The molecule has 3 aromatic rings. The largest absolute Gasteiger partial charge is 0.490 e. The fourth-order valence-electron chi connectivity index (χ4n) is 3.35. The minimum absolute atomic E-state index is 0.359. The van der Waals surface area contributed by atoms with Crippen LogP contribution in [0.15, 0.2) is 49.1 Å². The first-order valence-electron chi connectivity index (χ1n) is 9.38. The van der Waals surface area contributed by atoms with Crippen molar-refractivity contribution in [2.75, 3.05) is 0 Å². The van der Waals surface area contributed by atoms with Crippen LogP contribution in [0.25, 0.3) is 5.69 Å². The van der Waals surface area contributed by atoms with E-state index in [1.54, 1.807) is 0 Å². The number of carboxylic acid groups (broad SMARTS) is 1. The number of halogens is 3. The lowest BCUT2D eigenvalue weighted by Crippen LogP contribution is -2.25. The minimum atomic E-state index is -5.08. The van der Waals surface area contributed by atoms with E-state index in [1.165, 1.54) is 17.7 Å². The highest BCUT2D eigenvalue weighted by atomic mass is 19.4. The number of fused-ring (bicyclic) bond motifs is 1. The molecule has 0 amide bonds. The molecule has 2 N–H and O–H groups in total. The third-order valence-electron chi connectivity index (χ3n) is 4.71. The van der Waals surface area contributed by atoms with Gasteiger partial charge in [-0.1, -0.05) is 18.2 Å². The summed E-state index contributed by atoms with van der Waals surface area (Å²) in [4.78, 5) is 13.3. The molecular weight excluding hydrogens is 399 g/mol. The second kappa shape index (κ2) is 9.12. The second-order valence-electron chi connectivity index (χ2n) is 6.95. The molecule has 0 spiro atoms. The molecule has 0 aliphatic heterocycles. The third-order valence-corrected chi connectivity index (χ3v) is 4.71. The van der Waals surface area contributed by atoms with E-state index in [4.69, 9.17) is 9.90 Å². The predicted octanol–water partition coefficient (Wildman–Crippen LogP) is 3.41. The van der Waals surface area contributed by atoms with Crippen LogP contribution in [-0.4, -0.2) is 36.6 Å². The van der Waals surface area contributed by atoms with Gasteiger partial charge in [-0.15, -0.1) is 0 Å². The first-order chi connectivity index (χ1) is 14.3. The molecule has 0 saturated carbocycles. The van der Waals surface area contributed by atoms with Crippen LogP contribution in [0.4, 0.5) is 13.2 Å².